The van der Waals surface area contributed by atoms with E-state index in [9.17, 15) is 0 Å². The van der Waals surface area contributed by atoms with Crippen molar-refractivity contribution in [3.05, 3.63) is 48.5 Å². The average molecular weight is 338 g/mol. The van der Waals surface area contributed by atoms with Gasteiger partial charge in [-0.15, -0.1) is 10.2 Å². The van der Waals surface area contributed by atoms with Crippen LogP contribution in [-0.4, -0.2) is 47.4 Å². The highest BCUT2D eigenvalue weighted by Crippen LogP contribution is 2.28. The molecule has 0 spiro atoms. The van der Waals surface area contributed by atoms with E-state index in [2.05, 4.69) is 46.2 Å². The number of imidazole rings is 1. The van der Waals surface area contributed by atoms with Crippen LogP contribution in [0.5, 0.6) is 0 Å². The molecule has 0 N–H and O–H groups in total. The zero-order valence-corrected chi connectivity index (χ0v) is 14.6. The molecule has 130 valence electrons. The van der Waals surface area contributed by atoms with Gasteiger partial charge in [0.1, 0.15) is 17.5 Å². The highest BCUT2D eigenvalue weighted by atomic mass is 15.3. The molecule has 1 aliphatic heterocycles. The Morgan fingerprint density at radius 2 is 2.08 bits per heavy atom. The summed E-state index contributed by atoms with van der Waals surface area (Å²) in [4.78, 5) is 15.2. The van der Waals surface area contributed by atoms with Gasteiger partial charge in [0.2, 0.25) is 0 Å². The van der Waals surface area contributed by atoms with Gasteiger partial charge in [-0.1, -0.05) is 0 Å². The first kappa shape index (κ1) is 15.7. The Kier molecular flexibility index (Phi) is 4.17. The van der Waals surface area contributed by atoms with Crippen molar-refractivity contribution in [1.29, 1.82) is 0 Å². The molecule has 25 heavy (non-hydrogen) atoms. The van der Waals surface area contributed by atoms with Gasteiger partial charge in [-0.2, -0.15) is 0 Å². The zero-order chi connectivity index (χ0) is 17.2. The van der Waals surface area contributed by atoms with Crippen LogP contribution in [0.1, 0.15) is 36.2 Å². The smallest absolute Gasteiger partial charge is 0.152 e. The van der Waals surface area contributed by atoms with Gasteiger partial charge in [-0.25, -0.2) is 9.97 Å². The fourth-order valence-electron chi connectivity index (χ4n) is 3.44. The van der Waals surface area contributed by atoms with Crippen LogP contribution in [0, 0.1) is 6.92 Å². The fourth-order valence-corrected chi connectivity index (χ4v) is 3.44. The van der Waals surface area contributed by atoms with Crippen LogP contribution in [0.2, 0.25) is 0 Å². The molecule has 0 saturated carbocycles. The summed E-state index contributed by atoms with van der Waals surface area (Å²) in [6, 6.07) is 0. The summed E-state index contributed by atoms with van der Waals surface area (Å²) in [6.45, 7) is 4.59. The van der Waals surface area contributed by atoms with Crippen LogP contribution >= 0.6 is 0 Å². The van der Waals surface area contributed by atoms with Crippen molar-refractivity contribution in [2.75, 3.05) is 18.0 Å². The number of hydrogen-bond acceptors (Lipinski definition) is 6. The lowest BCUT2D eigenvalue weighted by molar-refractivity contribution is 0.475. The summed E-state index contributed by atoms with van der Waals surface area (Å²) in [5.74, 6) is 4.26. The van der Waals surface area contributed by atoms with Crippen molar-refractivity contribution >= 4 is 5.82 Å². The third-order valence-electron chi connectivity index (χ3n) is 4.89. The van der Waals surface area contributed by atoms with Gasteiger partial charge in [-0.3, -0.25) is 4.98 Å². The minimum Gasteiger partial charge on any atom is -0.355 e. The molecule has 4 heterocycles. The summed E-state index contributed by atoms with van der Waals surface area (Å²) >= 11 is 0. The van der Waals surface area contributed by atoms with Crippen LogP contribution in [0.15, 0.2) is 31.0 Å². The van der Waals surface area contributed by atoms with Gasteiger partial charge in [0, 0.05) is 50.8 Å². The van der Waals surface area contributed by atoms with Crippen LogP contribution in [0.4, 0.5) is 5.82 Å². The number of anilines is 1. The Labute approximate surface area is 146 Å². The molecule has 1 atom stereocenters. The Bertz CT molecular complexity index is 837. The molecular weight excluding hydrogens is 316 g/mol. The SMILES string of the molecule is Cc1nccn1Cc1nnc([C@H]2CCCN(c3cnccn3)C2)n1C. The van der Waals surface area contributed by atoms with E-state index in [-0.39, 0.29) is 0 Å². The maximum Gasteiger partial charge on any atom is 0.152 e. The van der Waals surface area contributed by atoms with Gasteiger partial charge < -0.3 is 14.0 Å². The monoisotopic (exact) mass is 338 g/mol. The van der Waals surface area contributed by atoms with E-state index in [1.54, 1.807) is 12.4 Å². The van der Waals surface area contributed by atoms with Crippen molar-refractivity contribution < 1.29 is 0 Å². The largest absolute Gasteiger partial charge is 0.355 e. The van der Waals surface area contributed by atoms with Gasteiger partial charge in [0.25, 0.3) is 0 Å². The molecule has 1 saturated heterocycles. The van der Waals surface area contributed by atoms with E-state index in [1.807, 2.05) is 25.5 Å². The highest BCUT2D eigenvalue weighted by molar-refractivity contribution is 5.36. The minimum atomic E-state index is 0.353. The van der Waals surface area contributed by atoms with E-state index in [1.165, 1.54) is 0 Å². The van der Waals surface area contributed by atoms with Crippen LogP contribution < -0.4 is 4.90 Å². The van der Waals surface area contributed by atoms with Gasteiger partial charge >= 0.3 is 0 Å². The third-order valence-corrected chi connectivity index (χ3v) is 4.89. The topological polar surface area (TPSA) is 77.6 Å². The van der Waals surface area contributed by atoms with E-state index in [4.69, 9.17) is 0 Å². The molecule has 1 aliphatic rings. The average Bonchev–Trinajstić information content (AvgIpc) is 3.22. The summed E-state index contributed by atoms with van der Waals surface area (Å²) < 4.78 is 4.21. The molecule has 0 radical (unpaired) electrons. The predicted octanol–water partition coefficient (Wildman–Crippen LogP) is 1.54. The third kappa shape index (κ3) is 3.11. The van der Waals surface area contributed by atoms with Crippen LogP contribution in [-0.2, 0) is 13.6 Å². The number of aromatic nitrogens is 7. The van der Waals surface area contributed by atoms with Gasteiger partial charge in [-0.05, 0) is 19.8 Å². The molecular formula is C17H22N8. The van der Waals surface area contributed by atoms with Crippen molar-refractivity contribution in [2.24, 2.45) is 7.05 Å². The Morgan fingerprint density at radius 1 is 1.16 bits per heavy atom. The molecule has 8 nitrogen and oxygen atoms in total. The van der Waals surface area contributed by atoms with E-state index >= 15 is 0 Å². The van der Waals surface area contributed by atoms with Crippen molar-refractivity contribution in [3.8, 4) is 0 Å². The molecule has 0 aliphatic carbocycles. The lowest BCUT2D eigenvalue weighted by atomic mass is 9.97. The second-order valence-electron chi connectivity index (χ2n) is 6.48. The molecule has 0 bridgehead atoms. The number of nitrogens with zero attached hydrogens (tertiary/aromatic N) is 8. The quantitative estimate of drug-likeness (QED) is 0.718. The lowest BCUT2D eigenvalue weighted by Gasteiger charge is -2.32. The molecule has 4 rings (SSSR count). The minimum absolute atomic E-state index is 0.353. The van der Waals surface area contributed by atoms with Gasteiger partial charge in [0.05, 0.1) is 12.7 Å². The van der Waals surface area contributed by atoms with E-state index < -0.39 is 0 Å². The number of aryl methyl sites for hydroxylation is 1. The van der Waals surface area contributed by atoms with Crippen molar-refractivity contribution in [2.45, 2.75) is 32.2 Å². The number of piperidine rings is 1. The number of rotatable bonds is 4. The second-order valence-corrected chi connectivity index (χ2v) is 6.48. The van der Waals surface area contributed by atoms with Crippen molar-refractivity contribution in [1.82, 2.24) is 34.3 Å². The summed E-state index contributed by atoms with van der Waals surface area (Å²) in [5, 5.41) is 8.92. The first-order chi connectivity index (χ1) is 12.2. The molecule has 0 aromatic carbocycles. The maximum atomic E-state index is 4.49. The normalized spacial score (nSPS) is 17.8. The van der Waals surface area contributed by atoms with Gasteiger partial charge in [0.15, 0.2) is 5.82 Å². The molecule has 0 unspecified atom stereocenters. The molecule has 3 aromatic heterocycles. The number of hydrogen-bond donors (Lipinski definition) is 0. The highest BCUT2D eigenvalue weighted by Gasteiger charge is 2.26. The lowest BCUT2D eigenvalue weighted by Crippen LogP contribution is -2.36. The molecule has 8 heteroatoms. The second kappa shape index (κ2) is 6.62. The van der Waals surface area contributed by atoms with Crippen LogP contribution in [0.3, 0.4) is 0 Å². The van der Waals surface area contributed by atoms with Crippen LogP contribution in [0.25, 0.3) is 0 Å². The fraction of sp³-hybridized carbons (Fsp3) is 0.471. The first-order valence-corrected chi connectivity index (χ1v) is 8.59. The molecule has 1 fully saturated rings. The Morgan fingerprint density at radius 3 is 2.84 bits per heavy atom. The maximum absolute atomic E-state index is 4.49. The van der Waals surface area contributed by atoms with E-state index in [0.717, 1.165) is 49.2 Å². The van der Waals surface area contributed by atoms with Crippen molar-refractivity contribution in [3.63, 3.8) is 0 Å². The summed E-state index contributed by atoms with van der Waals surface area (Å²) in [5.41, 5.74) is 0. The van der Waals surface area contributed by atoms with E-state index in [0.29, 0.717) is 12.5 Å². The Hall–Kier alpha value is -2.77. The summed E-state index contributed by atoms with van der Waals surface area (Å²) in [6.07, 6.45) is 11.3. The first-order valence-electron chi connectivity index (χ1n) is 8.59. The standard InChI is InChI=1S/C17H22N8/c1-13-19-7-9-24(13)12-16-21-22-17(23(16)2)14-4-3-8-25(11-14)15-10-18-5-6-20-15/h5-7,9-10,14H,3-4,8,11-12H2,1-2H3/t14-/m0/s1. The molecule has 3 aromatic rings. The molecule has 0 amide bonds. The Balaban J connectivity index is 1.53. The predicted molar refractivity (Wildman–Crippen MR) is 93.3 cm³/mol. The summed E-state index contributed by atoms with van der Waals surface area (Å²) in [7, 11) is 2.05. The zero-order valence-electron chi connectivity index (χ0n) is 14.6.